The van der Waals surface area contributed by atoms with Crippen molar-refractivity contribution >= 4 is 0 Å². The summed E-state index contributed by atoms with van der Waals surface area (Å²) in [5, 5.41) is 0. The van der Waals surface area contributed by atoms with Crippen molar-refractivity contribution in [1.82, 2.24) is 9.97 Å². The standard InChI is InChI=1S/C24H28N2O5/c1-4-12-30-24-23(20-11-10-19(28-3)13-22(20)31-17-27-2)21(25-16-26-24)15-29-14-18-8-6-5-7-9-18/h5-11,13,16H,4,12,14-15,17H2,1-3H3. The molecule has 31 heavy (non-hydrogen) atoms. The molecule has 0 aliphatic carbocycles. The Morgan fingerprint density at radius 1 is 0.903 bits per heavy atom. The minimum Gasteiger partial charge on any atom is -0.497 e. The fourth-order valence-electron chi connectivity index (χ4n) is 3.01. The fraction of sp³-hybridized carbons (Fsp3) is 0.333. The number of hydrogen-bond donors (Lipinski definition) is 0. The van der Waals surface area contributed by atoms with Crippen LogP contribution in [0.1, 0.15) is 24.6 Å². The summed E-state index contributed by atoms with van der Waals surface area (Å²) >= 11 is 0. The van der Waals surface area contributed by atoms with Crippen LogP contribution in [0.5, 0.6) is 17.4 Å². The van der Waals surface area contributed by atoms with Crippen LogP contribution in [0.3, 0.4) is 0 Å². The lowest BCUT2D eigenvalue weighted by molar-refractivity contribution is 0.0513. The Morgan fingerprint density at radius 3 is 2.48 bits per heavy atom. The first-order chi connectivity index (χ1) is 15.3. The van der Waals surface area contributed by atoms with Gasteiger partial charge in [0.15, 0.2) is 6.79 Å². The van der Waals surface area contributed by atoms with Crippen LogP contribution in [0.4, 0.5) is 0 Å². The van der Waals surface area contributed by atoms with Crippen LogP contribution in [0, 0.1) is 0 Å². The predicted octanol–water partition coefficient (Wildman–Crippen LogP) is 4.64. The molecule has 0 N–H and O–H groups in total. The minimum absolute atomic E-state index is 0.0961. The zero-order valence-electron chi connectivity index (χ0n) is 18.2. The van der Waals surface area contributed by atoms with Crippen molar-refractivity contribution < 1.29 is 23.7 Å². The molecule has 7 nitrogen and oxygen atoms in total. The smallest absolute Gasteiger partial charge is 0.224 e. The lowest BCUT2D eigenvalue weighted by Gasteiger charge is -2.17. The van der Waals surface area contributed by atoms with Crippen LogP contribution in [0.2, 0.25) is 0 Å². The zero-order chi connectivity index (χ0) is 21.9. The van der Waals surface area contributed by atoms with Gasteiger partial charge < -0.3 is 23.7 Å². The van der Waals surface area contributed by atoms with Gasteiger partial charge in [0.05, 0.1) is 38.2 Å². The number of ether oxygens (including phenoxy) is 5. The number of hydrogen-bond acceptors (Lipinski definition) is 7. The SMILES string of the molecule is CCCOc1ncnc(COCc2ccccc2)c1-c1ccc(OC)cc1OCOC. The number of aromatic nitrogens is 2. The first-order valence-electron chi connectivity index (χ1n) is 10.1. The first-order valence-corrected chi connectivity index (χ1v) is 10.1. The second-order valence-corrected chi connectivity index (χ2v) is 6.74. The van der Waals surface area contributed by atoms with Crippen molar-refractivity contribution in [2.24, 2.45) is 0 Å². The van der Waals surface area contributed by atoms with Gasteiger partial charge in [0.25, 0.3) is 0 Å². The quantitative estimate of drug-likeness (QED) is 0.392. The molecule has 0 bridgehead atoms. The third kappa shape index (κ3) is 6.16. The third-order valence-electron chi connectivity index (χ3n) is 4.47. The van der Waals surface area contributed by atoms with Gasteiger partial charge >= 0.3 is 0 Å². The normalized spacial score (nSPS) is 10.7. The summed E-state index contributed by atoms with van der Waals surface area (Å²) in [7, 11) is 3.18. The van der Waals surface area contributed by atoms with Gasteiger partial charge in [0, 0.05) is 18.7 Å². The van der Waals surface area contributed by atoms with E-state index in [1.165, 1.54) is 6.33 Å². The number of nitrogens with zero attached hydrogens (tertiary/aromatic N) is 2. The molecule has 1 heterocycles. The van der Waals surface area contributed by atoms with Gasteiger partial charge in [-0.05, 0) is 24.1 Å². The summed E-state index contributed by atoms with van der Waals surface area (Å²) in [5.74, 6) is 1.74. The van der Waals surface area contributed by atoms with Crippen LogP contribution in [-0.4, -0.2) is 37.6 Å². The minimum atomic E-state index is 0.0961. The van der Waals surface area contributed by atoms with Gasteiger partial charge in [0.1, 0.15) is 17.8 Å². The maximum absolute atomic E-state index is 5.96. The molecule has 0 spiro atoms. The molecule has 0 aliphatic rings. The van der Waals surface area contributed by atoms with E-state index in [0.717, 1.165) is 23.1 Å². The van der Waals surface area contributed by atoms with Crippen molar-refractivity contribution in [1.29, 1.82) is 0 Å². The van der Waals surface area contributed by atoms with Crippen LogP contribution >= 0.6 is 0 Å². The van der Waals surface area contributed by atoms with E-state index in [1.54, 1.807) is 20.3 Å². The molecule has 3 aromatic rings. The van der Waals surface area contributed by atoms with Crippen molar-refractivity contribution in [2.75, 3.05) is 27.6 Å². The van der Waals surface area contributed by atoms with Crippen LogP contribution in [-0.2, 0) is 22.7 Å². The molecule has 7 heteroatoms. The molecule has 0 radical (unpaired) electrons. The van der Waals surface area contributed by atoms with Crippen LogP contribution < -0.4 is 14.2 Å². The lowest BCUT2D eigenvalue weighted by Crippen LogP contribution is -2.07. The summed E-state index contributed by atoms with van der Waals surface area (Å²) in [5.41, 5.74) is 3.32. The monoisotopic (exact) mass is 424 g/mol. The second kappa shape index (κ2) is 11.9. The van der Waals surface area contributed by atoms with Gasteiger partial charge in [-0.3, -0.25) is 0 Å². The third-order valence-corrected chi connectivity index (χ3v) is 4.47. The predicted molar refractivity (Wildman–Crippen MR) is 117 cm³/mol. The van der Waals surface area contributed by atoms with Gasteiger partial charge in [-0.25, -0.2) is 9.97 Å². The summed E-state index contributed by atoms with van der Waals surface area (Å²) in [6.45, 7) is 3.46. The van der Waals surface area contributed by atoms with E-state index >= 15 is 0 Å². The summed E-state index contributed by atoms with van der Waals surface area (Å²) in [4.78, 5) is 8.86. The Bertz CT molecular complexity index is 950. The molecule has 0 fully saturated rings. The zero-order valence-corrected chi connectivity index (χ0v) is 18.2. The Labute approximate surface area is 182 Å². The molecule has 0 saturated heterocycles. The Hall–Kier alpha value is -3.16. The molecule has 0 unspecified atom stereocenters. The molecular weight excluding hydrogens is 396 g/mol. The van der Waals surface area contributed by atoms with E-state index in [0.29, 0.717) is 42.9 Å². The topological polar surface area (TPSA) is 71.9 Å². The highest BCUT2D eigenvalue weighted by Gasteiger charge is 2.20. The highest BCUT2D eigenvalue weighted by atomic mass is 16.7. The van der Waals surface area contributed by atoms with Crippen LogP contribution in [0.15, 0.2) is 54.9 Å². The van der Waals surface area contributed by atoms with E-state index in [2.05, 4.69) is 9.97 Å². The maximum Gasteiger partial charge on any atom is 0.224 e. The fourth-order valence-corrected chi connectivity index (χ4v) is 3.01. The van der Waals surface area contributed by atoms with E-state index in [-0.39, 0.29) is 6.79 Å². The molecule has 1 aromatic heterocycles. The largest absolute Gasteiger partial charge is 0.497 e. The average Bonchev–Trinajstić information content (AvgIpc) is 2.82. The molecule has 2 aromatic carbocycles. The molecule has 3 rings (SSSR count). The summed E-state index contributed by atoms with van der Waals surface area (Å²) in [6.07, 6.45) is 2.35. The molecule has 164 valence electrons. The highest BCUT2D eigenvalue weighted by molar-refractivity contribution is 5.77. The molecular formula is C24H28N2O5. The van der Waals surface area contributed by atoms with Crippen molar-refractivity contribution in [3.05, 3.63) is 66.1 Å². The number of rotatable bonds is 12. The summed E-state index contributed by atoms with van der Waals surface area (Å²) in [6, 6.07) is 15.6. The van der Waals surface area contributed by atoms with Gasteiger partial charge in [0.2, 0.25) is 5.88 Å². The van der Waals surface area contributed by atoms with Gasteiger partial charge in [-0.1, -0.05) is 37.3 Å². The summed E-state index contributed by atoms with van der Waals surface area (Å²) < 4.78 is 28.2. The van der Waals surface area contributed by atoms with E-state index in [1.807, 2.05) is 49.4 Å². The Balaban J connectivity index is 1.96. The van der Waals surface area contributed by atoms with Gasteiger partial charge in [-0.2, -0.15) is 0 Å². The number of methoxy groups -OCH3 is 2. The average molecular weight is 424 g/mol. The van der Waals surface area contributed by atoms with Crippen LogP contribution in [0.25, 0.3) is 11.1 Å². The highest BCUT2D eigenvalue weighted by Crippen LogP contribution is 2.39. The second-order valence-electron chi connectivity index (χ2n) is 6.74. The lowest BCUT2D eigenvalue weighted by atomic mass is 10.0. The molecule has 0 saturated carbocycles. The molecule has 0 aliphatic heterocycles. The van der Waals surface area contributed by atoms with Crippen molar-refractivity contribution in [3.63, 3.8) is 0 Å². The number of benzene rings is 2. The first kappa shape index (κ1) is 22.5. The Kier molecular flexibility index (Phi) is 8.63. The van der Waals surface area contributed by atoms with Gasteiger partial charge in [-0.15, -0.1) is 0 Å². The van der Waals surface area contributed by atoms with E-state index < -0.39 is 0 Å². The van der Waals surface area contributed by atoms with E-state index in [9.17, 15) is 0 Å². The maximum atomic E-state index is 5.96. The Morgan fingerprint density at radius 2 is 1.74 bits per heavy atom. The van der Waals surface area contributed by atoms with Crippen molar-refractivity contribution in [2.45, 2.75) is 26.6 Å². The van der Waals surface area contributed by atoms with E-state index in [4.69, 9.17) is 23.7 Å². The van der Waals surface area contributed by atoms with Crippen molar-refractivity contribution in [3.8, 4) is 28.5 Å². The molecule has 0 atom stereocenters. The molecule has 0 amide bonds.